The van der Waals surface area contributed by atoms with E-state index in [2.05, 4.69) is 254 Å². The van der Waals surface area contributed by atoms with Crippen molar-refractivity contribution >= 4 is 38.9 Å². The van der Waals surface area contributed by atoms with E-state index in [1.165, 1.54) is 94.3 Å². The lowest BCUT2D eigenvalue weighted by Gasteiger charge is -2.43. The van der Waals surface area contributed by atoms with Crippen LogP contribution in [0.25, 0.3) is 60.9 Å². The molecule has 0 spiro atoms. The largest absolute Gasteiger partial charge is 0.310 e. The van der Waals surface area contributed by atoms with Crippen LogP contribution in [0.1, 0.15) is 54.5 Å². The van der Waals surface area contributed by atoms with Gasteiger partial charge >= 0.3 is 0 Å². The minimum absolute atomic E-state index is 0.105. The maximum atomic E-state index is 2.54. The average molecular weight is 845 g/mol. The lowest BCUT2D eigenvalue weighted by Crippen LogP contribution is -2.36. The number of hydrogen-bond donors (Lipinski definition) is 0. The Morgan fingerprint density at radius 1 is 0.455 bits per heavy atom. The number of hydrogen-bond acceptors (Lipinski definition) is 1. The summed E-state index contributed by atoms with van der Waals surface area (Å²) in [5, 5.41) is 2.56. The fraction of sp³-hybridized carbons (Fsp3) is 0.0938. The van der Waals surface area contributed by atoms with Crippen molar-refractivity contribution in [2.24, 2.45) is 0 Å². The van der Waals surface area contributed by atoms with Gasteiger partial charge in [0.1, 0.15) is 0 Å². The first-order valence-corrected chi connectivity index (χ1v) is 23.4. The van der Waals surface area contributed by atoms with Crippen LogP contribution < -0.4 is 4.90 Å². The molecule has 2 nitrogen and oxygen atoms in total. The van der Waals surface area contributed by atoms with Gasteiger partial charge in [-0.25, -0.2) is 0 Å². The molecule has 3 aliphatic rings. The van der Waals surface area contributed by atoms with Gasteiger partial charge in [-0.3, -0.25) is 0 Å². The summed E-state index contributed by atoms with van der Waals surface area (Å²) < 4.78 is 2.54. The number of aromatic nitrogens is 1. The van der Waals surface area contributed by atoms with E-state index in [-0.39, 0.29) is 5.41 Å². The number of nitrogens with zero attached hydrogens (tertiary/aromatic N) is 2. The first-order chi connectivity index (χ1) is 32.5. The van der Waals surface area contributed by atoms with Crippen LogP contribution in [-0.4, -0.2) is 4.57 Å². The third-order valence-corrected chi connectivity index (χ3v) is 15.0. The second-order valence-corrected chi connectivity index (χ2v) is 18.8. The van der Waals surface area contributed by atoms with Gasteiger partial charge in [-0.05, 0) is 129 Å². The van der Waals surface area contributed by atoms with Crippen LogP contribution in [0.3, 0.4) is 0 Å². The maximum Gasteiger partial charge on any atom is 0.0705 e. The summed E-state index contributed by atoms with van der Waals surface area (Å²) in [6, 6.07) is 79.2. The minimum atomic E-state index is -0.405. The zero-order valence-electron chi connectivity index (χ0n) is 37.2. The van der Waals surface area contributed by atoms with Crippen LogP contribution in [0.15, 0.2) is 236 Å². The van der Waals surface area contributed by atoms with Crippen molar-refractivity contribution in [3.05, 3.63) is 264 Å². The zero-order valence-corrected chi connectivity index (χ0v) is 37.2. The van der Waals surface area contributed by atoms with Gasteiger partial charge in [-0.15, -0.1) is 0 Å². The van der Waals surface area contributed by atoms with Gasteiger partial charge < -0.3 is 9.47 Å². The highest BCUT2D eigenvalue weighted by Crippen LogP contribution is 2.56. The molecule has 1 atom stereocenters. The van der Waals surface area contributed by atoms with E-state index in [1.807, 2.05) is 0 Å². The smallest absolute Gasteiger partial charge is 0.0705 e. The number of allylic oxidation sites excluding steroid dienone is 4. The van der Waals surface area contributed by atoms with Gasteiger partial charge in [0.25, 0.3) is 0 Å². The molecule has 314 valence electrons. The summed E-state index contributed by atoms with van der Waals surface area (Å²) in [5.41, 5.74) is 22.3. The summed E-state index contributed by atoms with van der Waals surface area (Å²) in [6.07, 6.45) is 9.02. The number of rotatable bonds is 7. The normalized spacial score (nSPS) is 16.4. The molecule has 0 bridgehead atoms. The standard InChI is InChI=1S/C64H48N2/c1-63(2)56-25-13-12-23-52(56)53-39-38-51(42-59(53)63)65(49-34-29-44(30-35-49)43-17-6-3-7-18-43)50-36-31-45(32-37-50)46-33-40-60-55(41-46)54-24-16-27-58-62(54)66(60)61-28-15-14-26-57(61)64(58,47-19-8-4-9-20-47)48-21-10-5-11-22-48/h3-10,12-21,23-42H,11,22H2,1-2H3. The third-order valence-electron chi connectivity index (χ3n) is 15.0. The quantitative estimate of drug-likeness (QED) is 0.155. The van der Waals surface area contributed by atoms with Crippen LogP contribution in [0.5, 0.6) is 0 Å². The molecule has 2 heteroatoms. The van der Waals surface area contributed by atoms with E-state index in [4.69, 9.17) is 0 Å². The fourth-order valence-corrected chi connectivity index (χ4v) is 11.9. The molecule has 9 aromatic carbocycles. The molecular weight excluding hydrogens is 797 g/mol. The SMILES string of the molecule is CC1(C)c2ccccc2-c2ccc(N(c3ccc(-c4ccccc4)cc3)c3ccc(-c4ccc5c(c4)c4cccc6c4n5-c4ccccc4C6(C4=CC=CCC4)c4ccccc4)cc3)cc21. The molecular formula is C64H48N2. The summed E-state index contributed by atoms with van der Waals surface area (Å²) >= 11 is 0. The van der Waals surface area contributed by atoms with Crippen molar-refractivity contribution < 1.29 is 0 Å². The molecule has 13 rings (SSSR count). The van der Waals surface area contributed by atoms with E-state index >= 15 is 0 Å². The van der Waals surface area contributed by atoms with Crippen molar-refractivity contribution in [1.82, 2.24) is 4.57 Å². The number of fused-ring (bicyclic) bond motifs is 8. The first-order valence-electron chi connectivity index (χ1n) is 23.4. The second kappa shape index (κ2) is 14.8. The molecule has 1 aliphatic heterocycles. The lowest BCUT2D eigenvalue weighted by molar-refractivity contribution is 0.660. The summed E-state index contributed by atoms with van der Waals surface area (Å²) in [6.45, 7) is 4.72. The van der Waals surface area contributed by atoms with Crippen LogP contribution in [0.2, 0.25) is 0 Å². The Morgan fingerprint density at radius 2 is 1.06 bits per heavy atom. The Morgan fingerprint density at radius 3 is 1.80 bits per heavy atom. The third kappa shape index (κ3) is 5.61. The summed E-state index contributed by atoms with van der Waals surface area (Å²) in [5.74, 6) is 0. The highest BCUT2D eigenvalue weighted by Gasteiger charge is 2.46. The molecule has 0 radical (unpaired) electrons. The van der Waals surface area contributed by atoms with Gasteiger partial charge in [0.05, 0.1) is 22.1 Å². The Hall–Kier alpha value is -7.94. The van der Waals surface area contributed by atoms with E-state index < -0.39 is 5.41 Å². The van der Waals surface area contributed by atoms with E-state index in [0.717, 1.165) is 29.9 Å². The zero-order chi connectivity index (χ0) is 44.0. The molecule has 2 heterocycles. The number of para-hydroxylation sites is 2. The van der Waals surface area contributed by atoms with Crippen LogP contribution >= 0.6 is 0 Å². The Balaban J connectivity index is 0.941. The van der Waals surface area contributed by atoms with Crippen LogP contribution in [-0.2, 0) is 10.8 Å². The van der Waals surface area contributed by atoms with Gasteiger partial charge in [0, 0.05) is 33.2 Å². The maximum absolute atomic E-state index is 2.54. The van der Waals surface area contributed by atoms with Gasteiger partial charge in [-0.1, -0.05) is 195 Å². The molecule has 0 N–H and O–H groups in total. The Bertz CT molecular complexity index is 3590. The van der Waals surface area contributed by atoms with Crippen molar-refractivity contribution in [1.29, 1.82) is 0 Å². The first kappa shape index (κ1) is 38.5. The predicted molar refractivity (Wildman–Crippen MR) is 277 cm³/mol. The van der Waals surface area contributed by atoms with Crippen LogP contribution in [0.4, 0.5) is 17.1 Å². The van der Waals surface area contributed by atoms with Crippen molar-refractivity contribution in [3.8, 4) is 39.1 Å². The summed E-state index contributed by atoms with van der Waals surface area (Å²) in [4.78, 5) is 2.42. The fourth-order valence-electron chi connectivity index (χ4n) is 11.9. The Labute approximate surface area is 387 Å². The molecule has 0 saturated carbocycles. The highest BCUT2D eigenvalue weighted by molar-refractivity contribution is 6.13. The molecule has 0 amide bonds. The van der Waals surface area contributed by atoms with E-state index in [9.17, 15) is 0 Å². The Kier molecular flexibility index (Phi) is 8.64. The molecule has 66 heavy (non-hydrogen) atoms. The lowest BCUT2D eigenvalue weighted by atomic mass is 9.61. The van der Waals surface area contributed by atoms with Crippen LogP contribution in [0, 0.1) is 0 Å². The van der Waals surface area contributed by atoms with Gasteiger partial charge in [0.15, 0.2) is 0 Å². The predicted octanol–water partition coefficient (Wildman–Crippen LogP) is 16.8. The molecule has 0 fully saturated rings. The second-order valence-electron chi connectivity index (χ2n) is 18.8. The highest BCUT2D eigenvalue weighted by atomic mass is 15.1. The molecule has 1 unspecified atom stereocenters. The average Bonchev–Trinajstić information content (AvgIpc) is 3.84. The van der Waals surface area contributed by atoms with E-state index in [1.54, 1.807) is 0 Å². The molecule has 1 aromatic heterocycles. The molecule has 10 aromatic rings. The van der Waals surface area contributed by atoms with Gasteiger partial charge in [0.2, 0.25) is 0 Å². The van der Waals surface area contributed by atoms with Crippen molar-refractivity contribution in [2.45, 2.75) is 37.5 Å². The number of anilines is 3. The number of benzene rings is 9. The monoisotopic (exact) mass is 844 g/mol. The van der Waals surface area contributed by atoms with E-state index in [0.29, 0.717) is 0 Å². The van der Waals surface area contributed by atoms with Crippen molar-refractivity contribution in [2.75, 3.05) is 4.90 Å². The topological polar surface area (TPSA) is 8.17 Å². The van der Waals surface area contributed by atoms with Gasteiger partial charge in [-0.2, -0.15) is 0 Å². The van der Waals surface area contributed by atoms with Crippen molar-refractivity contribution in [3.63, 3.8) is 0 Å². The summed E-state index contributed by atoms with van der Waals surface area (Å²) in [7, 11) is 0. The molecule has 2 aliphatic carbocycles. The minimum Gasteiger partial charge on any atom is -0.310 e. The molecule has 0 saturated heterocycles.